The summed E-state index contributed by atoms with van der Waals surface area (Å²) in [6.07, 6.45) is 0. The molecule has 28 heavy (non-hydrogen) atoms. The molecule has 0 saturated heterocycles. The molecule has 0 unspecified atom stereocenters. The van der Waals surface area contributed by atoms with E-state index in [1.54, 1.807) is 12.1 Å². The van der Waals surface area contributed by atoms with Crippen LogP contribution in [0.3, 0.4) is 0 Å². The average Bonchev–Trinajstić information content (AvgIpc) is 3.16. The highest BCUT2D eigenvalue weighted by atomic mass is 35.5. The molecule has 0 bridgehead atoms. The van der Waals surface area contributed by atoms with Crippen LogP contribution < -0.4 is 15.4 Å². The molecule has 2 aromatic carbocycles. The molecule has 0 saturated carbocycles. The van der Waals surface area contributed by atoms with Crippen LogP contribution in [-0.4, -0.2) is 23.0 Å². The minimum absolute atomic E-state index is 0.0734. The lowest BCUT2D eigenvalue weighted by molar-refractivity contribution is -0.384. The number of nitro benzene ring substituents is 1. The third-order valence-corrected chi connectivity index (χ3v) is 4.84. The summed E-state index contributed by atoms with van der Waals surface area (Å²) in [7, 11) is 1.41. The summed E-state index contributed by atoms with van der Waals surface area (Å²) in [6, 6.07) is 10.9. The van der Waals surface area contributed by atoms with Crippen molar-refractivity contribution in [3.63, 3.8) is 0 Å². The lowest BCUT2D eigenvalue weighted by Crippen LogP contribution is -2.28. The molecule has 0 aliphatic carbocycles. The number of thiazole rings is 1. The Morgan fingerprint density at radius 2 is 2.04 bits per heavy atom. The smallest absolute Gasteiger partial charge is 0.319 e. The van der Waals surface area contributed by atoms with Crippen LogP contribution in [0.4, 0.5) is 16.2 Å². The summed E-state index contributed by atoms with van der Waals surface area (Å²) in [5.41, 5.74) is 1.52. The van der Waals surface area contributed by atoms with Gasteiger partial charge in [0.1, 0.15) is 16.4 Å². The van der Waals surface area contributed by atoms with Gasteiger partial charge in [-0.25, -0.2) is 9.78 Å². The molecule has 0 radical (unpaired) electrons. The number of methoxy groups -OCH3 is 1. The number of amides is 2. The first-order valence-corrected chi connectivity index (χ1v) is 9.29. The minimum atomic E-state index is -0.586. The Morgan fingerprint density at radius 1 is 1.29 bits per heavy atom. The van der Waals surface area contributed by atoms with Gasteiger partial charge in [0.2, 0.25) is 0 Å². The van der Waals surface area contributed by atoms with Gasteiger partial charge in [0.15, 0.2) is 0 Å². The van der Waals surface area contributed by atoms with Gasteiger partial charge in [-0.15, -0.1) is 11.3 Å². The summed E-state index contributed by atoms with van der Waals surface area (Å²) in [5, 5.41) is 19.5. The first-order chi connectivity index (χ1) is 13.5. The van der Waals surface area contributed by atoms with Crippen LogP contribution in [0.25, 0.3) is 11.3 Å². The van der Waals surface area contributed by atoms with Crippen molar-refractivity contribution in [2.75, 3.05) is 12.4 Å². The lowest BCUT2D eigenvalue weighted by atomic mass is 10.2. The SMILES string of the molecule is COc1ccc(NC(=O)NCc2nc(-c3ccc(Cl)cc3)cs2)c([N+](=O)[O-])c1. The van der Waals surface area contributed by atoms with Gasteiger partial charge < -0.3 is 15.4 Å². The van der Waals surface area contributed by atoms with Gasteiger partial charge in [0, 0.05) is 16.0 Å². The van der Waals surface area contributed by atoms with Crippen LogP contribution in [0, 0.1) is 10.1 Å². The van der Waals surface area contributed by atoms with Gasteiger partial charge in [-0.2, -0.15) is 0 Å². The number of rotatable bonds is 6. The average molecular weight is 419 g/mol. The van der Waals surface area contributed by atoms with E-state index in [4.69, 9.17) is 16.3 Å². The van der Waals surface area contributed by atoms with Crippen LogP contribution in [0.1, 0.15) is 5.01 Å². The second kappa shape index (κ2) is 8.68. The van der Waals surface area contributed by atoms with Crippen molar-refractivity contribution in [2.24, 2.45) is 0 Å². The topological polar surface area (TPSA) is 106 Å². The van der Waals surface area contributed by atoms with Gasteiger partial charge in [0.05, 0.1) is 30.3 Å². The zero-order chi connectivity index (χ0) is 20.1. The van der Waals surface area contributed by atoms with Gasteiger partial charge in [-0.05, 0) is 24.3 Å². The van der Waals surface area contributed by atoms with E-state index in [2.05, 4.69) is 15.6 Å². The first-order valence-electron chi connectivity index (χ1n) is 8.04. The number of hydrogen-bond donors (Lipinski definition) is 2. The number of anilines is 1. The van der Waals surface area contributed by atoms with Crippen molar-refractivity contribution >= 4 is 40.3 Å². The molecule has 144 valence electrons. The van der Waals surface area contributed by atoms with Crippen LogP contribution in [0.5, 0.6) is 5.75 Å². The Labute approximate surface area is 169 Å². The molecule has 0 spiro atoms. The Kier molecular flexibility index (Phi) is 6.07. The molecule has 0 atom stereocenters. The third kappa shape index (κ3) is 4.76. The zero-order valence-corrected chi connectivity index (χ0v) is 16.2. The second-order valence-corrected chi connectivity index (χ2v) is 6.96. The van der Waals surface area contributed by atoms with Crippen LogP contribution >= 0.6 is 22.9 Å². The number of nitrogens with one attached hydrogen (secondary N) is 2. The molecule has 3 aromatic rings. The van der Waals surface area contributed by atoms with E-state index in [0.717, 1.165) is 11.3 Å². The Bertz CT molecular complexity index is 1010. The fraction of sp³-hybridized carbons (Fsp3) is 0.111. The van der Waals surface area contributed by atoms with Crippen LogP contribution in [-0.2, 0) is 6.54 Å². The first kappa shape index (κ1) is 19.6. The molecule has 10 heteroatoms. The van der Waals surface area contributed by atoms with E-state index < -0.39 is 11.0 Å². The maximum Gasteiger partial charge on any atom is 0.319 e. The molecule has 1 aromatic heterocycles. The number of carbonyl (C=O) groups excluding carboxylic acids is 1. The fourth-order valence-electron chi connectivity index (χ4n) is 2.36. The Balaban J connectivity index is 1.62. The summed E-state index contributed by atoms with van der Waals surface area (Å²) in [6.45, 7) is 0.189. The number of urea groups is 1. The highest BCUT2D eigenvalue weighted by Crippen LogP contribution is 2.29. The van der Waals surface area contributed by atoms with Crippen molar-refractivity contribution < 1.29 is 14.5 Å². The van der Waals surface area contributed by atoms with Crippen molar-refractivity contribution in [2.45, 2.75) is 6.54 Å². The van der Waals surface area contributed by atoms with E-state index in [-0.39, 0.29) is 17.9 Å². The number of ether oxygens (including phenoxy) is 1. The van der Waals surface area contributed by atoms with Crippen molar-refractivity contribution in [1.82, 2.24) is 10.3 Å². The van der Waals surface area contributed by atoms with Crippen molar-refractivity contribution in [1.29, 1.82) is 0 Å². The van der Waals surface area contributed by atoms with Crippen molar-refractivity contribution in [3.8, 4) is 17.0 Å². The highest BCUT2D eigenvalue weighted by molar-refractivity contribution is 7.09. The monoisotopic (exact) mass is 418 g/mol. The normalized spacial score (nSPS) is 10.4. The predicted molar refractivity (Wildman–Crippen MR) is 108 cm³/mol. The standard InChI is InChI=1S/C18H15ClN4O4S/c1-27-13-6-7-14(16(8-13)23(25)26)22-18(24)20-9-17-21-15(10-28-17)11-2-4-12(19)5-3-11/h2-8,10H,9H2,1H3,(H2,20,22,24). The Hall–Kier alpha value is -3.17. The molecule has 0 aliphatic heterocycles. The summed E-state index contributed by atoms with van der Waals surface area (Å²) >= 11 is 7.28. The summed E-state index contributed by atoms with van der Waals surface area (Å²) in [4.78, 5) is 27.2. The number of nitrogens with zero attached hydrogens (tertiary/aromatic N) is 2. The fourth-order valence-corrected chi connectivity index (χ4v) is 3.23. The number of benzene rings is 2. The minimum Gasteiger partial charge on any atom is -0.496 e. The van der Waals surface area contributed by atoms with Crippen LogP contribution in [0.2, 0.25) is 5.02 Å². The zero-order valence-electron chi connectivity index (χ0n) is 14.6. The van der Waals surface area contributed by atoms with Gasteiger partial charge >= 0.3 is 6.03 Å². The number of carbonyl (C=O) groups is 1. The number of aromatic nitrogens is 1. The Morgan fingerprint density at radius 3 is 2.71 bits per heavy atom. The van der Waals surface area contributed by atoms with Gasteiger partial charge in [-0.3, -0.25) is 10.1 Å². The number of halogens is 1. The van der Waals surface area contributed by atoms with E-state index in [1.807, 2.05) is 17.5 Å². The molecule has 3 rings (SSSR count). The largest absolute Gasteiger partial charge is 0.496 e. The van der Waals surface area contributed by atoms with Gasteiger partial charge in [0.25, 0.3) is 5.69 Å². The molecule has 1 heterocycles. The molecule has 0 fully saturated rings. The quantitative estimate of drug-likeness (QED) is 0.445. The second-order valence-electron chi connectivity index (χ2n) is 5.58. The molecular formula is C18H15ClN4O4S. The van der Waals surface area contributed by atoms with E-state index >= 15 is 0 Å². The van der Waals surface area contributed by atoms with Crippen molar-refractivity contribution in [3.05, 3.63) is 68.0 Å². The summed E-state index contributed by atoms with van der Waals surface area (Å²) in [5.74, 6) is 0.329. The predicted octanol–water partition coefficient (Wildman–Crippen LogP) is 4.70. The van der Waals surface area contributed by atoms with E-state index in [1.165, 1.54) is 36.6 Å². The van der Waals surface area contributed by atoms with E-state index in [9.17, 15) is 14.9 Å². The molecule has 0 aliphatic rings. The van der Waals surface area contributed by atoms with E-state index in [0.29, 0.717) is 15.8 Å². The number of nitro groups is 1. The lowest BCUT2D eigenvalue weighted by Gasteiger charge is -2.08. The van der Waals surface area contributed by atoms with Crippen LogP contribution in [0.15, 0.2) is 47.8 Å². The third-order valence-electron chi connectivity index (χ3n) is 3.74. The maximum absolute atomic E-state index is 12.1. The molecule has 2 N–H and O–H groups in total. The molecular weight excluding hydrogens is 404 g/mol. The highest BCUT2D eigenvalue weighted by Gasteiger charge is 2.17. The molecule has 2 amide bonds. The van der Waals surface area contributed by atoms with Gasteiger partial charge in [-0.1, -0.05) is 23.7 Å². The summed E-state index contributed by atoms with van der Waals surface area (Å²) < 4.78 is 4.97. The molecule has 8 nitrogen and oxygen atoms in total. The number of hydrogen-bond acceptors (Lipinski definition) is 6. The maximum atomic E-state index is 12.1.